The summed E-state index contributed by atoms with van der Waals surface area (Å²) in [5, 5.41) is 6.86. The van der Waals surface area contributed by atoms with Gasteiger partial charge in [-0.05, 0) is 91.3 Å². The third kappa shape index (κ3) is 16.4. The highest BCUT2D eigenvalue weighted by atomic mass is 16.6. The van der Waals surface area contributed by atoms with Crippen LogP contribution in [0.4, 0.5) is 9.59 Å². The van der Waals surface area contributed by atoms with Crippen molar-refractivity contribution in [3.05, 3.63) is 215 Å². The molecule has 369 valence electrons. The summed E-state index contributed by atoms with van der Waals surface area (Å²) in [5.41, 5.74) is 6.26. The highest BCUT2D eigenvalue weighted by molar-refractivity contribution is 5.88. The Labute approximate surface area is 425 Å². The summed E-state index contributed by atoms with van der Waals surface area (Å²) >= 11 is 0. The SMILES string of the molecule is O=C(OCc1ccccc1)N1CCC(C(=O)NCCc2ccccc2)(c2ccccc2)CC1.O=C(OCc1ccccc1)N1CCC(CNCCc2ccccc2)(c2ccccc2)CC1.[2H]C1CCCO1.[B]. The molecule has 3 saturated heterocycles. The number of amides is 3. The predicted octanol–water partition coefficient (Wildman–Crippen LogP) is 10.3. The standard InChI is InChI=1S/C28H30N2O3.C28H32N2O2.C4H8O.B/c31-26(29-19-16-23-10-4-1-5-11-23)28(25-14-8-3-9-15-25)17-20-30(21-18-28)27(32)33-22-24-12-6-2-7-13-24;31-27(32-22-25-12-6-2-7-13-25)30-20-17-28(18-21-30,26-14-8-3-9-15-26)23-29-19-16-24-10-4-1-5-11-24;1-2-4-5-3-1;/h1-15H,16-22H2,(H,29,31);1-15,29H,16-23H2;1-4H2;/i;;3D;. The van der Waals surface area contributed by atoms with Crippen LogP contribution in [0.2, 0.25) is 0 Å². The number of benzene rings is 6. The number of ether oxygens (including phenoxy) is 3. The summed E-state index contributed by atoms with van der Waals surface area (Å²) in [4.78, 5) is 42.3. The molecule has 0 bridgehead atoms. The zero-order valence-electron chi connectivity index (χ0n) is 42.0. The van der Waals surface area contributed by atoms with Crippen LogP contribution in [-0.2, 0) is 55.9 Å². The van der Waals surface area contributed by atoms with Crippen LogP contribution in [0.3, 0.4) is 0 Å². The van der Waals surface area contributed by atoms with Crippen molar-refractivity contribution in [2.75, 3.05) is 59.0 Å². The van der Waals surface area contributed by atoms with E-state index in [-0.39, 0.29) is 45.1 Å². The highest BCUT2D eigenvalue weighted by Crippen LogP contribution is 2.37. The van der Waals surface area contributed by atoms with E-state index in [4.69, 9.17) is 15.6 Å². The van der Waals surface area contributed by atoms with Crippen molar-refractivity contribution in [2.45, 2.75) is 75.4 Å². The third-order valence-corrected chi connectivity index (χ3v) is 13.6. The molecule has 0 spiro atoms. The molecule has 3 radical (unpaired) electrons. The number of hydrogen-bond acceptors (Lipinski definition) is 7. The molecule has 6 aromatic rings. The van der Waals surface area contributed by atoms with Crippen molar-refractivity contribution < 1.29 is 30.0 Å². The van der Waals surface area contributed by atoms with E-state index in [9.17, 15) is 14.4 Å². The molecule has 3 fully saturated rings. The Morgan fingerprint density at radius 1 is 0.521 bits per heavy atom. The van der Waals surface area contributed by atoms with Gasteiger partial charge in [0.1, 0.15) is 13.2 Å². The van der Waals surface area contributed by atoms with Gasteiger partial charge >= 0.3 is 12.2 Å². The summed E-state index contributed by atoms with van der Waals surface area (Å²) in [7, 11) is 0. The zero-order chi connectivity index (χ0) is 49.4. The lowest BCUT2D eigenvalue weighted by Crippen LogP contribution is -2.53. The summed E-state index contributed by atoms with van der Waals surface area (Å²) in [5.74, 6) is 0.0296. The molecule has 6 aromatic carbocycles. The number of likely N-dealkylation sites (tertiary alicyclic amines) is 2. The van der Waals surface area contributed by atoms with E-state index in [1.54, 1.807) is 4.90 Å². The summed E-state index contributed by atoms with van der Waals surface area (Å²) in [6.45, 7) is 5.99. The Balaban J connectivity index is 0.000000208. The molecule has 10 nitrogen and oxygen atoms in total. The van der Waals surface area contributed by atoms with E-state index in [0.29, 0.717) is 52.2 Å². The van der Waals surface area contributed by atoms with Crippen LogP contribution >= 0.6 is 0 Å². The van der Waals surface area contributed by atoms with Crippen LogP contribution in [0, 0.1) is 0 Å². The molecule has 3 aliphatic heterocycles. The zero-order valence-corrected chi connectivity index (χ0v) is 41.0. The third-order valence-electron chi connectivity index (χ3n) is 13.6. The fraction of sp³-hybridized carbons (Fsp3) is 0.350. The van der Waals surface area contributed by atoms with Gasteiger partial charge in [-0.1, -0.05) is 182 Å². The lowest BCUT2D eigenvalue weighted by Gasteiger charge is -2.42. The Morgan fingerprint density at radius 2 is 0.930 bits per heavy atom. The fourth-order valence-electron chi connectivity index (χ4n) is 9.33. The molecule has 3 heterocycles. The molecule has 1 atom stereocenters. The van der Waals surface area contributed by atoms with E-state index >= 15 is 0 Å². The van der Waals surface area contributed by atoms with Crippen LogP contribution in [0.1, 0.15) is 73.3 Å². The van der Waals surface area contributed by atoms with Gasteiger partial charge in [-0.15, -0.1) is 0 Å². The number of hydrogen-bond donors (Lipinski definition) is 2. The first-order valence-electron chi connectivity index (χ1n) is 25.5. The molecule has 0 aliphatic carbocycles. The molecule has 2 N–H and O–H groups in total. The minimum absolute atomic E-state index is 0. The van der Waals surface area contributed by atoms with E-state index in [2.05, 4.69) is 83.4 Å². The number of carbonyl (C=O) groups excluding carboxylic acids is 3. The van der Waals surface area contributed by atoms with Gasteiger partial charge in [0.25, 0.3) is 0 Å². The maximum atomic E-state index is 13.5. The van der Waals surface area contributed by atoms with Gasteiger partial charge in [0.15, 0.2) is 0 Å². The minimum Gasteiger partial charge on any atom is -0.445 e. The molecule has 9 rings (SSSR count). The second kappa shape index (κ2) is 28.9. The molecule has 3 aliphatic rings. The van der Waals surface area contributed by atoms with Gasteiger partial charge in [0, 0.05) is 66.3 Å². The van der Waals surface area contributed by atoms with Crippen LogP contribution < -0.4 is 10.6 Å². The summed E-state index contributed by atoms with van der Waals surface area (Å²) < 4.78 is 22.8. The maximum absolute atomic E-state index is 13.5. The first-order valence-corrected chi connectivity index (χ1v) is 24.9. The number of rotatable bonds is 15. The van der Waals surface area contributed by atoms with Gasteiger partial charge < -0.3 is 34.6 Å². The van der Waals surface area contributed by atoms with E-state index in [0.717, 1.165) is 74.9 Å². The minimum atomic E-state index is -0.645. The van der Waals surface area contributed by atoms with Gasteiger partial charge in [0.05, 0.1) is 6.79 Å². The van der Waals surface area contributed by atoms with Crippen molar-refractivity contribution in [2.24, 2.45) is 0 Å². The Morgan fingerprint density at radius 3 is 1.35 bits per heavy atom. The normalized spacial score (nSPS) is 16.8. The Hall–Kier alpha value is -6.69. The average Bonchev–Trinajstić information content (AvgIpc) is 3.93. The van der Waals surface area contributed by atoms with Gasteiger partial charge in [0.2, 0.25) is 5.91 Å². The molecule has 71 heavy (non-hydrogen) atoms. The molecule has 11 heteroatoms. The highest BCUT2D eigenvalue weighted by Gasteiger charge is 2.44. The average molecular weight is 955 g/mol. The van der Waals surface area contributed by atoms with Crippen molar-refractivity contribution in [3.8, 4) is 0 Å². The van der Waals surface area contributed by atoms with Crippen molar-refractivity contribution >= 4 is 26.5 Å². The smallest absolute Gasteiger partial charge is 0.410 e. The van der Waals surface area contributed by atoms with E-state index in [1.807, 2.05) is 114 Å². The number of carbonyl (C=O) groups is 3. The maximum Gasteiger partial charge on any atom is 0.410 e. The number of nitrogens with zero attached hydrogens (tertiary/aromatic N) is 2. The molecule has 0 aromatic heterocycles. The topological polar surface area (TPSA) is 109 Å². The number of piperidine rings is 2. The summed E-state index contributed by atoms with van der Waals surface area (Å²) in [6, 6.07) is 60.9. The summed E-state index contributed by atoms with van der Waals surface area (Å²) in [6.07, 6.45) is 6.25. The lowest BCUT2D eigenvalue weighted by atomic mass is 9.72. The largest absolute Gasteiger partial charge is 0.445 e. The molecule has 3 amide bonds. The first kappa shape index (κ1) is 52.1. The fourth-order valence-corrected chi connectivity index (χ4v) is 9.33. The lowest BCUT2D eigenvalue weighted by molar-refractivity contribution is -0.128. The monoisotopic (exact) mass is 955 g/mol. The van der Waals surface area contributed by atoms with Gasteiger partial charge in [-0.2, -0.15) is 0 Å². The second-order valence-electron chi connectivity index (χ2n) is 18.2. The van der Waals surface area contributed by atoms with E-state index in [1.165, 1.54) is 16.7 Å². The van der Waals surface area contributed by atoms with E-state index < -0.39 is 5.41 Å². The number of nitrogens with one attached hydrogen (secondary N) is 2. The van der Waals surface area contributed by atoms with Crippen LogP contribution in [-0.4, -0.2) is 95.3 Å². The quantitative estimate of drug-likeness (QED) is 0.0779. The van der Waals surface area contributed by atoms with Crippen molar-refractivity contribution in [3.63, 3.8) is 0 Å². The second-order valence-corrected chi connectivity index (χ2v) is 18.2. The van der Waals surface area contributed by atoms with Crippen molar-refractivity contribution in [1.82, 2.24) is 20.4 Å². The van der Waals surface area contributed by atoms with Crippen LogP contribution in [0.15, 0.2) is 182 Å². The Kier molecular flexibility index (Phi) is 21.2. The molecule has 1 unspecified atom stereocenters. The molecule has 0 saturated carbocycles. The van der Waals surface area contributed by atoms with Gasteiger partial charge in [-0.3, -0.25) is 4.79 Å². The Bertz CT molecular complexity index is 2460. The van der Waals surface area contributed by atoms with Crippen LogP contribution in [0.25, 0.3) is 0 Å². The first-order chi connectivity index (χ1) is 34.8. The van der Waals surface area contributed by atoms with Crippen molar-refractivity contribution in [1.29, 1.82) is 0 Å². The van der Waals surface area contributed by atoms with Gasteiger partial charge in [-0.25, -0.2) is 9.59 Å². The van der Waals surface area contributed by atoms with Crippen LogP contribution in [0.5, 0.6) is 0 Å². The predicted molar refractivity (Wildman–Crippen MR) is 283 cm³/mol. The molecular formula is C60H70BN4O6. The molecular weight excluding hydrogens is 883 g/mol.